The minimum absolute atomic E-state index is 0.397. The van der Waals surface area contributed by atoms with Crippen molar-refractivity contribution in [3.05, 3.63) is 60.7 Å². The Balaban J connectivity index is 1.99. The van der Waals surface area contributed by atoms with E-state index in [1.807, 2.05) is 0 Å². The molecule has 0 spiro atoms. The van der Waals surface area contributed by atoms with E-state index in [0.29, 0.717) is 6.10 Å². The van der Waals surface area contributed by atoms with Gasteiger partial charge in [-0.3, -0.25) is 0 Å². The van der Waals surface area contributed by atoms with Crippen LogP contribution in [0.15, 0.2) is 55.1 Å². The molecule has 1 aromatic rings. The van der Waals surface area contributed by atoms with Crippen LogP contribution in [0.25, 0.3) is 5.57 Å². The van der Waals surface area contributed by atoms with E-state index in [9.17, 15) is 0 Å². The third-order valence-electron chi connectivity index (χ3n) is 3.29. The van der Waals surface area contributed by atoms with Gasteiger partial charge in [-0.1, -0.05) is 49.1 Å². The number of anilines is 1. The SMILES string of the molecule is C=C1/C=C\C=C/CN(CC2CO2)c2ccccc21. The Bertz CT molecular complexity index is 512. The molecule has 2 heteroatoms. The number of hydrogen-bond donors (Lipinski definition) is 0. The van der Waals surface area contributed by atoms with E-state index in [-0.39, 0.29) is 0 Å². The quantitative estimate of drug-likeness (QED) is 0.737. The smallest absolute Gasteiger partial charge is 0.0984 e. The van der Waals surface area contributed by atoms with Crippen LogP contribution in [0.5, 0.6) is 0 Å². The third kappa shape index (κ3) is 2.39. The first kappa shape index (κ1) is 11.3. The van der Waals surface area contributed by atoms with Crippen molar-refractivity contribution in [1.82, 2.24) is 0 Å². The summed E-state index contributed by atoms with van der Waals surface area (Å²) in [7, 11) is 0. The molecule has 2 aliphatic rings. The van der Waals surface area contributed by atoms with Crippen LogP contribution in [-0.2, 0) is 4.74 Å². The van der Waals surface area contributed by atoms with Crippen LogP contribution in [0, 0.1) is 0 Å². The normalized spacial score (nSPS) is 25.7. The van der Waals surface area contributed by atoms with Gasteiger partial charge in [0.15, 0.2) is 0 Å². The predicted octanol–water partition coefficient (Wildman–Crippen LogP) is 3.03. The van der Waals surface area contributed by atoms with E-state index >= 15 is 0 Å². The summed E-state index contributed by atoms with van der Waals surface area (Å²) in [6.07, 6.45) is 8.77. The summed E-state index contributed by atoms with van der Waals surface area (Å²) >= 11 is 0. The Kier molecular flexibility index (Phi) is 3.03. The van der Waals surface area contributed by atoms with Gasteiger partial charge < -0.3 is 9.64 Å². The zero-order chi connectivity index (χ0) is 12.4. The van der Waals surface area contributed by atoms with Crippen molar-refractivity contribution in [3.8, 4) is 0 Å². The Morgan fingerprint density at radius 2 is 2.11 bits per heavy atom. The first-order valence-electron chi connectivity index (χ1n) is 6.32. The molecule has 1 unspecified atom stereocenters. The molecule has 2 nitrogen and oxygen atoms in total. The van der Waals surface area contributed by atoms with Crippen LogP contribution >= 0.6 is 0 Å². The molecule has 18 heavy (non-hydrogen) atoms. The van der Waals surface area contributed by atoms with E-state index in [0.717, 1.165) is 25.3 Å². The number of allylic oxidation sites excluding steroid dienone is 4. The maximum atomic E-state index is 5.35. The van der Waals surface area contributed by atoms with Crippen LogP contribution in [0.2, 0.25) is 0 Å². The summed E-state index contributed by atoms with van der Waals surface area (Å²) in [4.78, 5) is 2.36. The molecule has 2 heterocycles. The van der Waals surface area contributed by atoms with Crippen molar-refractivity contribution in [2.24, 2.45) is 0 Å². The Hall–Kier alpha value is -1.80. The summed E-state index contributed by atoms with van der Waals surface area (Å²) in [5.41, 5.74) is 3.51. The van der Waals surface area contributed by atoms with Crippen molar-refractivity contribution >= 4 is 11.3 Å². The Morgan fingerprint density at radius 3 is 2.94 bits per heavy atom. The minimum atomic E-state index is 0.397. The van der Waals surface area contributed by atoms with Crippen LogP contribution < -0.4 is 4.90 Å². The van der Waals surface area contributed by atoms with E-state index in [1.165, 1.54) is 11.3 Å². The lowest BCUT2D eigenvalue weighted by Gasteiger charge is -2.25. The fourth-order valence-electron chi connectivity index (χ4n) is 2.24. The van der Waals surface area contributed by atoms with Crippen LogP contribution in [0.3, 0.4) is 0 Å². The zero-order valence-electron chi connectivity index (χ0n) is 10.4. The number of hydrogen-bond acceptors (Lipinski definition) is 2. The first-order valence-corrected chi connectivity index (χ1v) is 6.32. The van der Waals surface area contributed by atoms with Gasteiger partial charge in [-0.15, -0.1) is 0 Å². The average Bonchev–Trinajstić information content (AvgIpc) is 3.19. The first-order chi connectivity index (χ1) is 8.84. The molecule has 1 atom stereocenters. The van der Waals surface area contributed by atoms with Crippen LogP contribution in [0.1, 0.15) is 5.56 Å². The molecule has 1 fully saturated rings. The number of ether oxygens (including phenoxy) is 1. The van der Waals surface area contributed by atoms with Gasteiger partial charge in [-0.05, 0) is 11.6 Å². The molecule has 1 aromatic carbocycles. The monoisotopic (exact) mass is 239 g/mol. The average molecular weight is 239 g/mol. The molecule has 0 N–H and O–H groups in total. The second-order valence-corrected chi connectivity index (χ2v) is 4.69. The molecule has 2 aliphatic heterocycles. The second kappa shape index (κ2) is 4.83. The van der Waals surface area contributed by atoms with Gasteiger partial charge in [-0.2, -0.15) is 0 Å². The molecule has 3 rings (SSSR count). The fourth-order valence-corrected chi connectivity index (χ4v) is 2.24. The van der Waals surface area contributed by atoms with Gasteiger partial charge in [0.1, 0.15) is 0 Å². The molecule has 0 aromatic heterocycles. The predicted molar refractivity (Wildman–Crippen MR) is 75.7 cm³/mol. The standard InChI is InChI=1S/C16H17NO/c1-13-7-3-2-6-10-17(11-14-12-18-14)16-9-5-4-8-15(13)16/h2-9,14H,1,10-12H2/b6-2-,7-3-. The highest BCUT2D eigenvalue weighted by Gasteiger charge is 2.26. The summed E-state index contributed by atoms with van der Waals surface area (Å²) < 4.78 is 5.35. The van der Waals surface area contributed by atoms with E-state index in [1.54, 1.807) is 0 Å². The van der Waals surface area contributed by atoms with Gasteiger partial charge in [-0.25, -0.2) is 0 Å². The van der Waals surface area contributed by atoms with Crippen LogP contribution in [-0.4, -0.2) is 25.8 Å². The maximum Gasteiger partial charge on any atom is 0.0984 e. The van der Waals surface area contributed by atoms with Crippen molar-refractivity contribution in [2.75, 3.05) is 24.6 Å². The number of fused-ring (bicyclic) bond motifs is 1. The largest absolute Gasteiger partial charge is 0.371 e. The van der Waals surface area contributed by atoms with Gasteiger partial charge >= 0.3 is 0 Å². The molecule has 0 bridgehead atoms. The van der Waals surface area contributed by atoms with Crippen molar-refractivity contribution in [3.63, 3.8) is 0 Å². The van der Waals surface area contributed by atoms with E-state index in [4.69, 9.17) is 4.74 Å². The molecule has 92 valence electrons. The highest BCUT2D eigenvalue weighted by molar-refractivity contribution is 5.81. The highest BCUT2D eigenvalue weighted by Crippen LogP contribution is 2.29. The number of benzene rings is 1. The number of para-hydroxylation sites is 1. The summed E-state index contributed by atoms with van der Waals surface area (Å²) in [5.74, 6) is 0. The topological polar surface area (TPSA) is 15.8 Å². The molecular weight excluding hydrogens is 222 g/mol. The molecule has 0 amide bonds. The second-order valence-electron chi connectivity index (χ2n) is 4.69. The zero-order valence-corrected chi connectivity index (χ0v) is 10.4. The minimum Gasteiger partial charge on any atom is -0.371 e. The van der Waals surface area contributed by atoms with Gasteiger partial charge in [0.25, 0.3) is 0 Å². The maximum absolute atomic E-state index is 5.35. The van der Waals surface area contributed by atoms with Gasteiger partial charge in [0.2, 0.25) is 0 Å². The lowest BCUT2D eigenvalue weighted by Crippen LogP contribution is -2.28. The van der Waals surface area contributed by atoms with Gasteiger partial charge in [0, 0.05) is 24.3 Å². The number of nitrogens with zero attached hydrogens (tertiary/aromatic N) is 1. The van der Waals surface area contributed by atoms with Gasteiger partial charge in [0.05, 0.1) is 12.7 Å². The molecule has 0 radical (unpaired) electrons. The summed E-state index contributed by atoms with van der Waals surface area (Å²) in [6.45, 7) is 6.90. The molecule has 1 saturated heterocycles. The molecule has 0 saturated carbocycles. The lowest BCUT2D eigenvalue weighted by atomic mass is 10.0. The van der Waals surface area contributed by atoms with Crippen molar-refractivity contribution < 1.29 is 4.74 Å². The third-order valence-corrected chi connectivity index (χ3v) is 3.29. The van der Waals surface area contributed by atoms with E-state index in [2.05, 4.69) is 60.0 Å². The Labute approximate surface area is 108 Å². The number of rotatable bonds is 2. The van der Waals surface area contributed by atoms with Crippen molar-refractivity contribution in [2.45, 2.75) is 6.10 Å². The summed E-state index contributed by atoms with van der Waals surface area (Å²) in [5, 5.41) is 0. The fraction of sp³-hybridized carbons (Fsp3) is 0.250. The molecular formula is C16H17NO. The summed E-state index contributed by atoms with van der Waals surface area (Å²) in [6, 6.07) is 8.44. The van der Waals surface area contributed by atoms with E-state index < -0.39 is 0 Å². The van der Waals surface area contributed by atoms with Crippen LogP contribution in [0.4, 0.5) is 5.69 Å². The lowest BCUT2D eigenvalue weighted by molar-refractivity contribution is 0.409. The number of epoxide rings is 1. The molecule has 0 aliphatic carbocycles. The van der Waals surface area contributed by atoms with Crippen molar-refractivity contribution in [1.29, 1.82) is 0 Å². The Morgan fingerprint density at radius 1 is 1.28 bits per heavy atom. The highest BCUT2D eigenvalue weighted by atomic mass is 16.6.